The fraction of sp³-hybridized carbons (Fsp3) is 0.462. The number of carbonyl (C=O) groups is 1. The zero-order chi connectivity index (χ0) is 12.3. The summed E-state index contributed by atoms with van der Waals surface area (Å²) < 4.78 is 0. The van der Waals surface area contributed by atoms with Crippen molar-refractivity contribution in [2.24, 2.45) is 5.73 Å². The number of carbonyl (C=O) groups excluding carboxylic acids is 1. The Hall–Kier alpha value is -1.39. The number of amides is 1. The van der Waals surface area contributed by atoms with Crippen LogP contribution in [0.1, 0.15) is 18.4 Å². The predicted octanol–water partition coefficient (Wildman–Crippen LogP) is 1.30. The molecule has 0 spiro atoms. The molecule has 2 rings (SSSR count). The highest BCUT2D eigenvalue weighted by Gasteiger charge is 2.26. The summed E-state index contributed by atoms with van der Waals surface area (Å²) in [6.45, 7) is 4.22. The Balaban J connectivity index is 2.27. The van der Waals surface area contributed by atoms with Crippen LogP contribution < -0.4 is 10.7 Å². The third-order valence-electron chi connectivity index (χ3n) is 2.96. The highest BCUT2D eigenvalue weighted by atomic mass is 16.2. The Labute approximate surface area is 102 Å². The lowest BCUT2D eigenvalue weighted by Gasteiger charge is -2.38. The summed E-state index contributed by atoms with van der Waals surface area (Å²) in [5.74, 6) is 0.162. The number of nitrogens with zero attached hydrogens (tertiary/aromatic N) is 2. The van der Waals surface area contributed by atoms with Gasteiger partial charge in [-0.1, -0.05) is 12.1 Å². The van der Waals surface area contributed by atoms with Gasteiger partial charge in [0.1, 0.15) is 0 Å². The van der Waals surface area contributed by atoms with E-state index in [2.05, 4.69) is 0 Å². The molecule has 1 aromatic rings. The molecule has 0 saturated carbocycles. The molecular weight excluding hydrogens is 214 g/mol. The molecule has 17 heavy (non-hydrogen) atoms. The van der Waals surface area contributed by atoms with Crippen LogP contribution in [0.25, 0.3) is 0 Å². The molecule has 1 aromatic carbocycles. The molecule has 4 nitrogen and oxygen atoms in total. The zero-order valence-corrected chi connectivity index (χ0v) is 10.2. The van der Waals surface area contributed by atoms with Gasteiger partial charge in [0, 0.05) is 26.1 Å². The van der Waals surface area contributed by atoms with Gasteiger partial charge in [-0.25, -0.2) is 10.0 Å². The van der Waals surface area contributed by atoms with Gasteiger partial charge < -0.3 is 5.73 Å². The van der Waals surface area contributed by atoms with Crippen molar-refractivity contribution in [3.05, 3.63) is 29.8 Å². The molecule has 1 aliphatic rings. The van der Waals surface area contributed by atoms with Crippen molar-refractivity contribution < 1.29 is 4.79 Å². The van der Waals surface area contributed by atoms with Crippen molar-refractivity contribution in [2.75, 3.05) is 24.6 Å². The normalized spacial score (nSPS) is 17.5. The van der Waals surface area contributed by atoms with E-state index in [1.807, 2.05) is 36.2 Å². The fourth-order valence-corrected chi connectivity index (χ4v) is 2.20. The van der Waals surface area contributed by atoms with Gasteiger partial charge in [-0.2, -0.15) is 0 Å². The van der Waals surface area contributed by atoms with Crippen molar-refractivity contribution in [1.82, 2.24) is 5.01 Å². The topological polar surface area (TPSA) is 49.6 Å². The van der Waals surface area contributed by atoms with Crippen LogP contribution in [-0.4, -0.2) is 30.6 Å². The summed E-state index contributed by atoms with van der Waals surface area (Å²) in [5, 5.41) is 3.82. The maximum atomic E-state index is 12.0. The van der Waals surface area contributed by atoms with Crippen LogP contribution in [-0.2, 0) is 4.79 Å². The average molecular weight is 233 g/mol. The molecule has 92 valence electrons. The van der Waals surface area contributed by atoms with Crippen LogP contribution >= 0.6 is 0 Å². The summed E-state index contributed by atoms with van der Waals surface area (Å²) in [5.41, 5.74) is 7.70. The maximum absolute atomic E-state index is 12.0. The number of aryl methyl sites for hydroxylation is 1. The standard InChI is InChI=1S/C13H19N3O/c1-11-4-2-5-12(10-11)16-13(17)6-3-8-15(16)9-7-14/h2,4-5,10H,3,6-9,14H2,1H3. The second-order valence-corrected chi connectivity index (χ2v) is 4.39. The van der Waals surface area contributed by atoms with Crippen LogP contribution in [0.4, 0.5) is 5.69 Å². The molecule has 0 aromatic heterocycles. The summed E-state index contributed by atoms with van der Waals surface area (Å²) >= 11 is 0. The number of hydrazine groups is 1. The minimum atomic E-state index is 0.162. The number of hydrogen-bond donors (Lipinski definition) is 1. The number of benzene rings is 1. The molecule has 1 amide bonds. The Morgan fingerprint density at radius 2 is 2.24 bits per heavy atom. The number of hydrogen-bond acceptors (Lipinski definition) is 3. The Morgan fingerprint density at radius 1 is 1.41 bits per heavy atom. The fourth-order valence-electron chi connectivity index (χ4n) is 2.20. The molecule has 1 saturated heterocycles. The summed E-state index contributed by atoms with van der Waals surface area (Å²) in [6, 6.07) is 8.02. The van der Waals surface area contributed by atoms with Gasteiger partial charge in [-0.3, -0.25) is 4.79 Å². The van der Waals surface area contributed by atoms with E-state index in [-0.39, 0.29) is 5.91 Å². The molecule has 0 unspecified atom stereocenters. The van der Waals surface area contributed by atoms with Crippen LogP contribution in [0.2, 0.25) is 0 Å². The highest BCUT2D eigenvalue weighted by Crippen LogP contribution is 2.22. The zero-order valence-electron chi connectivity index (χ0n) is 10.2. The first-order valence-electron chi connectivity index (χ1n) is 6.07. The molecular formula is C13H19N3O. The van der Waals surface area contributed by atoms with Crippen LogP contribution in [0.3, 0.4) is 0 Å². The van der Waals surface area contributed by atoms with E-state index in [1.165, 1.54) is 0 Å². The van der Waals surface area contributed by atoms with Gasteiger partial charge in [0.15, 0.2) is 0 Å². The van der Waals surface area contributed by atoms with E-state index >= 15 is 0 Å². The quantitative estimate of drug-likeness (QED) is 0.856. The van der Waals surface area contributed by atoms with Crippen molar-refractivity contribution in [3.8, 4) is 0 Å². The Morgan fingerprint density at radius 3 is 2.94 bits per heavy atom. The molecule has 1 fully saturated rings. The van der Waals surface area contributed by atoms with Gasteiger partial charge in [-0.05, 0) is 31.0 Å². The van der Waals surface area contributed by atoms with Gasteiger partial charge in [0.2, 0.25) is 5.91 Å². The first-order valence-corrected chi connectivity index (χ1v) is 6.07. The van der Waals surface area contributed by atoms with Crippen LogP contribution in [0, 0.1) is 6.92 Å². The van der Waals surface area contributed by atoms with E-state index in [1.54, 1.807) is 5.01 Å². The van der Waals surface area contributed by atoms with Gasteiger partial charge >= 0.3 is 0 Å². The second kappa shape index (κ2) is 5.29. The summed E-state index contributed by atoms with van der Waals surface area (Å²) in [4.78, 5) is 12.0. The number of rotatable bonds is 3. The van der Waals surface area contributed by atoms with Crippen molar-refractivity contribution in [1.29, 1.82) is 0 Å². The molecule has 1 heterocycles. The maximum Gasteiger partial charge on any atom is 0.241 e. The molecule has 0 aliphatic carbocycles. The highest BCUT2D eigenvalue weighted by molar-refractivity contribution is 5.93. The number of anilines is 1. The first kappa shape index (κ1) is 12.1. The largest absolute Gasteiger partial charge is 0.329 e. The third kappa shape index (κ3) is 2.65. The minimum Gasteiger partial charge on any atom is -0.329 e. The lowest BCUT2D eigenvalue weighted by atomic mass is 10.2. The smallest absolute Gasteiger partial charge is 0.241 e. The van der Waals surface area contributed by atoms with Gasteiger partial charge in [0.05, 0.1) is 5.69 Å². The van der Waals surface area contributed by atoms with E-state index in [0.29, 0.717) is 13.0 Å². The average Bonchev–Trinajstić information content (AvgIpc) is 2.29. The van der Waals surface area contributed by atoms with Gasteiger partial charge in [-0.15, -0.1) is 0 Å². The SMILES string of the molecule is Cc1cccc(N2C(=O)CCCN2CCN)c1. The predicted molar refractivity (Wildman–Crippen MR) is 68.5 cm³/mol. The second-order valence-electron chi connectivity index (χ2n) is 4.39. The van der Waals surface area contributed by atoms with Crippen molar-refractivity contribution in [3.63, 3.8) is 0 Å². The van der Waals surface area contributed by atoms with E-state index in [9.17, 15) is 4.79 Å². The molecule has 2 N–H and O–H groups in total. The van der Waals surface area contributed by atoms with E-state index in [4.69, 9.17) is 5.73 Å². The lowest BCUT2D eigenvalue weighted by molar-refractivity contribution is -0.123. The summed E-state index contributed by atoms with van der Waals surface area (Å²) in [6.07, 6.45) is 1.54. The Kier molecular flexibility index (Phi) is 3.76. The molecule has 0 bridgehead atoms. The minimum absolute atomic E-state index is 0.162. The molecule has 4 heteroatoms. The van der Waals surface area contributed by atoms with Crippen molar-refractivity contribution >= 4 is 11.6 Å². The first-order chi connectivity index (χ1) is 8.22. The van der Waals surface area contributed by atoms with Gasteiger partial charge in [0.25, 0.3) is 0 Å². The van der Waals surface area contributed by atoms with Crippen LogP contribution in [0.15, 0.2) is 24.3 Å². The third-order valence-corrected chi connectivity index (χ3v) is 2.96. The molecule has 1 aliphatic heterocycles. The van der Waals surface area contributed by atoms with E-state index in [0.717, 1.165) is 30.8 Å². The molecule has 0 radical (unpaired) electrons. The number of nitrogens with two attached hydrogens (primary N) is 1. The molecule has 0 atom stereocenters. The van der Waals surface area contributed by atoms with Crippen LogP contribution in [0.5, 0.6) is 0 Å². The summed E-state index contributed by atoms with van der Waals surface area (Å²) in [7, 11) is 0. The van der Waals surface area contributed by atoms with Crippen molar-refractivity contribution in [2.45, 2.75) is 19.8 Å². The lowest BCUT2D eigenvalue weighted by Crippen LogP contribution is -2.52. The monoisotopic (exact) mass is 233 g/mol. The Bertz CT molecular complexity index is 403. The van der Waals surface area contributed by atoms with E-state index < -0.39 is 0 Å².